The number of aryl methyl sites for hydroxylation is 1. The SMILES string of the molecule is COc1cc(C)c(C=CC(C)=CC=CC(C)=CC(=O)Nc2ccc(O)c(OC(F)(F)F)c2)c(C)c1C. The molecule has 5 nitrogen and oxygen atoms in total. The van der Waals surface area contributed by atoms with Gasteiger partial charge in [-0.2, -0.15) is 0 Å². The maximum atomic E-state index is 12.4. The van der Waals surface area contributed by atoms with E-state index in [1.54, 1.807) is 26.2 Å². The minimum absolute atomic E-state index is 0.0466. The summed E-state index contributed by atoms with van der Waals surface area (Å²) in [5.74, 6) is -1.17. The van der Waals surface area contributed by atoms with Gasteiger partial charge in [-0.15, -0.1) is 13.2 Å². The van der Waals surface area contributed by atoms with Gasteiger partial charge in [0.15, 0.2) is 11.5 Å². The van der Waals surface area contributed by atoms with Crippen LogP contribution in [0.3, 0.4) is 0 Å². The smallest absolute Gasteiger partial charge is 0.504 e. The number of allylic oxidation sites excluding steroid dienone is 6. The van der Waals surface area contributed by atoms with Gasteiger partial charge in [0.1, 0.15) is 5.75 Å². The third-order valence-corrected chi connectivity index (χ3v) is 5.37. The van der Waals surface area contributed by atoms with E-state index in [1.165, 1.54) is 12.1 Å². The number of ether oxygens (including phenoxy) is 2. The number of methoxy groups -OCH3 is 1. The molecule has 0 heterocycles. The number of phenols is 1. The Kier molecular flexibility index (Phi) is 9.55. The molecule has 8 heteroatoms. The van der Waals surface area contributed by atoms with Crippen molar-refractivity contribution in [2.75, 3.05) is 12.4 Å². The average Bonchev–Trinajstić information content (AvgIpc) is 2.77. The number of rotatable bonds is 8. The van der Waals surface area contributed by atoms with E-state index < -0.39 is 23.8 Å². The van der Waals surface area contributed by atoms with Crippen LogP contribution in [0.15, 0.2) is 65.8 Å². The number of carbonyl (C=O) groups is 1. The van der Waals surface area contributed by atoms with Crippen LogP contribution in [-0.2, 0) is 4.79 Å². The highest BCUT2D eigenvalue weighted by molar-refractivity contribution is 6.00. The lowest BCUT2D eigenvalue weighted by atomic mass is 9.96. The number of phenolic OH excluding ortho intramolecular Hbond substituents is 1. The molecule has 2 aromatic rings. The summed E-state index contributed by atoms with van der Waals surface area (Å²) in [7, 11) is 1.66. The predicted molar refractivity (Wildman–Crippen MR) is 136 cm³/mol. The van der Waals surface area contributed by atoms with E-state index in [2.05, 4.69) is 23.1 Å². The van der Waals surface area contributed by atoms with E-state index in [4.69, 9.17) is 4.74 Å². The molecule has 0 bridgehead atoms. The second-order valence-corrected chi connectivity index (χ2v) is 8.27. The predicted octanol–water partition coefficient (Wildman–Crippen LogP) is 7.33. The number of hydrogen-bond donors (Lipinski definition) is 2. The number of alkyl halides is 3. The number of nitrogens with one attached hydrogen (secondary N) is 1. The number of benzene rings is 2. The lowest BCUT2D eigenvalue weighted by Gasteiger charge is -2.13. The number of carbonyl (C=O) groups excluding carboxylic acids is 1. The molecule has 0 saturated heterocycles. The summed E-state index contributed by atoms with van der Waals surface area (Å²) in [6.07, 6.45) is 5.83. The van der Waals surface area contributed by atoms with E-state index in [0.29, 0.717) is 5.57 Å². The third kappa shape index (κ3) is 8.37. The van der Waals surface area contributed by atoms with Crippen molar-refractivity contribution in [2.45, 2.75) is 41.0 Å². The molecule has 2 aromatic carbocycles. The van der Waals surface area contributed by atoms with Gasteiger partial charge in [-0.3, -0.25) is 4.79 Å². The van der Waals surface area contributed by atoms with Crippen molar-refractivity contribution in [2.24, 2.45) is 0 Å². The highest BCUT2D eigenvalue weighted by Gasteiger charge is 2.32. The first kappa shape index (κ1) is 28.3. The summed E-state index contributed by atoms with van der Waals surface area (Å²) in [6, 6.07) is 5.18. The Morgan fingerprint density at radius 1 is 1.00 bits per heavy atom. The molecule has 0 spiro atoms. The van der Waals surface area contributed by atoms with Crippen molar-refractivity contribution in [3.05, 3.63) is 88.0 Å². The van der Waals surface area contributed by atoms with Crippen molar-refractivity contribution in [1.82, 2.24) is 0 Å². The Hall–Kier alpha value is -3.94. The van der Waals surface area contributed by atoms with E-state index in [-0.39, 0.29) is 5.69 Å². The third-order valence-electron chi connectivity index (χ3n) is 5.37. The molecule has 2 rings (SSSR count). The van der Waals surface area contributed by atoms with Gasteiger partial charge in [0.25, 0.3) is 0 Å². The topological polar surface area (TPSA) is 67.8 Å². The van der Waals surface area contributed by atoms with Crippen LogP contribution in [0.5, 0.6) is 17.2 Å². The Labute approximate surface area is 209 Å². The molecular weight excluding hydrogens is 471 g/mol. The molecule has 0 unspecified atom stereocenters. The molecule has 0 atom stereocenters. The van der Waals surface area contributed by atoms with Crippen LogP contribution in [0.2, 0.25) is 0 Å². The summed E-state index contributed by atoms with van der Waals surface area (Å²) >= 11 is 0. The van der Waals surface area contributed by atoms with Gasteiger partial charge < -0.3 is 19.9 Å². The second kappa shape index (κ2) is 12.2. The maximum Gasteiger partial charge on any atom is 0.573 e. The first-order valence-electron chi connectivity index (χ1n) is 11.1. The zero-order valence-corrected chi connectivity index (χ0v) is 21.1. The van der Waals surface area contributed by atoms with E-state index >= 15 is 0 Å². The molecule has 2 N–H and O–H groups in total. The van der Waals surface area contributed by atoms with Crippen molar-refractivity contribution in [3.63, 3.8) is 0 Å². The molecule has 0 fully saturated rings. The largest absolute Gasteiger partial charge is 0.573 e. The van der Waals surface area contributed by atoms with Gasteiger partial charge in [-0.1, -0.05) is 36.0 Å². The standard InChI is InChI=1S/C28H30F3NO4/c1-17(10-12-23-19(3)15-25(35-6)21(5)20(23)4)8-7-9-18(2)14-27(34)32-22-11-13-24(33)26(16-22)36-28(29,30)31/h7-16,33H,1-6H3,(H,32,34). The second-order valence-electron chi connectivity index (χ2n) is 8.27. The van der Waals surface area contributed by atoms with Crippen molar-refractivity contribution in [3.8, 4) is 17.2 Å². The molecular formula is C28H30F3NO4. The van der Waals surface area contributed by atoms with Crippen molar-refractivity contribution >= 4 is 17.7 Å². The zero-order chi connectivity index (χ0) is 27.0. The zero-order valence-electron chi connectivity index (χ0n) is 21.1. The van der Waals surface area contributed by atoms with Crippen LogP contribution in [0.25, 0.3) is 6.08 Å². The summed E-state index contributed by atoms with van der Waals surface area (Å²) in [5.41, 5.74) is 6.17. The molecule has 0 saturated carbocycles. The van der Waals surface area contributed by atoms with Gasteiger partial charge in [-0.25, -0.2) is 0 Å². The molecule has 192 valence electrons. The molecule has 0 radical (unpaired) electrons. The number of amides is 1. The molecule has 0 aromatic heterocycles. The quantitative estimate of drug-likeness (QED) is 0.226. The summed E-state index contributed by atoms with van der Waals surface area (Å²) in [4.78, 5) is 12.2. The fourth-order valence-electron chi connectivity index (χ4n) is 3.39. The van der Waals surface area contributed by atoms with Gasteiger partial charge in [-0.05, 0) is 80.6 Å². The molecule has 36 heavy (non-hydrogen) atoms. The van der Waals surface area contributed by atoms with Crippen LogP contribution < -0.4 is 14.8 Å². The lowest BCUT2D eigenvalue weighted by Crippen LogP contribution is -2.17. The fourth-order valence-corrected chi connectivity index (χ4v) is 3.39. The monoisotopic (exact) mass is 501 g/mol. The summed E-state index contributed by atoms with van der Waals surface area (Å²) in [6.45, 7) is 9.80. The van der Waals surface area contributed by atoms with Crippen LogP contribution in [-0.4, -0.2) is 24.5 Å². The summed E-state index contributed by atoms with van der Waals surface area (Å²) < 4.78 is 46.4. The molecule has 0 aliphatic heterocycles. The molecule has 0 aliphatic carbocycles. The Morgan fingerprint density at radius 3 is 2.33 bits per heavy atom. The minimum Gasteiger partial charge on any atom is -0.504 e. The number of aromatic hydroxyl groups is 1. The number of halogens is 3. The van der Waals surface area contributed by atoms with Crippen molar-refractivity contribution < 1.29 is 32.5 Å². The summed E-state index contributed by atoms with van der Waals surface area (Å²) in [5, 5.41) is 12.0. The van der Waals surface area contributed by atoms with Gasteiger partial charge in [0.05, 0.1) is 7.11 Å². The Bertz CT molecular complexity index is 1240. The normalized spacial score (nSPS) is 12.9. The average molecular weight is 502 g/mol. The van der Waals surface area contributed by atoms with Gasteiger partial charge in [0.2, 0.25) is 5.91 Å². The van der Waals surface area contributed by atoms with Crippen LogP contribution >= 0.6 is 0 Å². The van der Waals surface area contributed by atoms with E-state index in [1.807, 2.05) is 39.0 Å². The molecule has 0 aliphatic rings. The lowest BCUT2D eigenvalue weighted by molar-refractivity contribution is -0.275. The first-order chi connectivity index (χ1) is 16.8. The maximum absolute atomic E-state index is 12.4. The van der Waals surface area contributed by atoms with E-state index in [9.17, 15) is 23.1 Å². The fraction of sp³-hybridized carbons (Fsp3) is 0.250. The minimum atomic E-state index is -4.96. The first-order valence-corrected chi connectivity index (χ1v) is 11.1. The van der Waals surface area contributed by atoms with Crippen LogP contribution in [0, 0.1) is 20.8 Å². The number of anilines is 1. The van der Waals surface area contributed by atoms with Crippen molar-refractivity contribution in [1.29, 1.82) is 0 Å². The molecule has 1 amide bonds. The number of hydrogen-bond acceptors (Lipinski definition) is 4. The Morgan fingerprint density at radius 2 is 1.69 bits per heavy atom. The van der Waals surface area contributed by atoms with Crippen LogP contribution in [0.1, 0.15) is 36.1 Å². The van der Waals surface area contributed by atoms with Gasteiger partial charge >= 0.3 is 6.36 Å². The highest BCUT2D eigenvalue weighted by Crippen LogP contribution is 2.33. The van der Waals surface area contributed by atoms with Gasteiger partial charge in [0, 0.05) is 17.8 Å². The highest BCUT2D eigenvalue weighted by atomic mass is 19.4. The van der Waals surface area contributed by atoms with E-state index in [0.717, 1.165) is 45.7 Å². The van der Waals surface area contributed by atoms with Crippen LogP contribution in [0.4, 0.5) is 18.9 Å². The Balaban J connectivity index is 2.05.